The van der Waals surface area contributed by atoms with Crippen LogP contribution in [0.2, 0.25) is 0 Å². The molecule has 126 heavy (non-hydrogen) atoms. The number of nitrogens with two attached hydrogens (primary N) is 1. The maximum absolute atomic E-state index is 12.8. The van der Waals surface area contributed by atoms with Gasteiger partial charge in [-0.1, -0.05) is 109 Å². The van der Waals surface area contributed by atoms with Gasteiger partial charge in [-0.15, -0.1) is 0 Å². The number of hydrogen-bond donors (Lipinski definition) is 8. The zero-order chi connectivity index (χ0) is 88.8. The number of hydrogen-bond acceptors (Lipinski definition) is 26. The van der Waals surface area contributed by atoms with Crippen LogP contribution in [0.15, 0.2) is 165 Å². The SMILES string of the molecule is CC(C)(C)OC(=O)N1CCCc2ccc(CCn3cc(C=O)cn3)nc21.CCOC(=O)[C@H](CN)NC(=O)OCc1ccccc1.CCOC(=O)[C@H](CNCc1cnn(CCc2ccc3c(n2)N(C(=O)OC(C)(C)C)CCC3)c1)NC(=O)OCc1ccccc1.O=C(N[C@@H](CNCc1cnn(CCc2ccc3c(n2)NCCC3)c1)C(=O)O)OCc1ccccc1.[B].[H-].[Na+]. The molecule has 0 saturated carbocycles. The first-order valence-electron chi connectivity index (χ1n) is 41.5. The normalized spacial score (nSPS) is 13.1. The maximum Gasteiger partial charge on any atom is 1.00 e. The van der Waals surface area contributed by atoms with Gasteiger partial charge in [0, 0.05) is 146 Å². The molecule has 9 N–H and O–H groups in total. The summed E-state index contributed by atoms with van der Waals surface area (Å²) in [7, 11) is 0. The average Bonchev–Trinajstić information content (AvgIpc) is 1.40. The number of nitrogens with zero attached hydrogens (tertiary/aromatic N) is 11. The summed E-state index contributed by atoms with van der Waals surface area (Å²) in [4.78, 5) is 125. The van der Waals surface area contributed by atoms with Gasteiger partial charge in [0.05, 0.1) is 37.4 Å². The first-order valence-corrected chi connectivity index (χ1v) is 41.5. The van der Waals surface area contributed by atoms with E-state index in [0.29, 0.717) is 75.9 Å². The number of amides is 5. The zero-order valence-electron chi connectivity index (χ0n) is 74.1. The number of benzene rings is 3. The maximum atomic E-state index is 12.8. The molecule has 0 fully saturated rings. The molecular weight excluding hydrogens is 1630 g/mol. The molecule has 3 atom stereocenters. The van der Waals surface area contributed by atoms with E-state index in [1.54, 1.807) is 46.9 Å². The molecule has 6 aromatic heterocycles. The number of rotatable bonds is 33. The first kappa shape index (κ1) is 101. The third-order valence-electron chi connectivity index (χ3n) is 18.9. The summed E-state index contributed by atoms with van der Waals surface area (Å²) in [5, 5.41) is 39.3. The molecule has 3 radical (unpaired) electrons. The summed E-state index contributed by atoms with van der Waals surface area (Å²) in [6.07, 6.45) is 16.2. The Morgan fingerprint density at radius 2 is 0.889 bits per heavy atom. The van der Waals surface area contributed by atoms with Crippen molar-refractivity contribution in [3.8, 4) is 0 Å². The van der Waals surface area contributed by atoms with Crippen LogP contribution >= 0.6 is 0 Å². The number of esters is 2. The third-order valence-corrected chi connectivity index (χ3v) is 18.9. The molecule has 667 valence electrons. The Kier molecular flexibility index (Phi) is 41.7. The minimum Gasteiger partial charge on any atom is -1.00 e. The number of aliphatic carboxylic acids is 1. The molecule has 9 heterocycles. The summed E-state index contributed by atoms with van der Waals surface area (Å²) < 4.78 is 41.7. The Labute approximate surface area is 759 Å². The molecule has 35 nitrogen and oxygen atoms in total. The summed E-state index contributed by atoms with van der Waals surface area (Å²) in [6, 6.07) is 37.1. The third kappa shape index (κ3) is 34.8. The van der Waals surface area contributed by atoms with Gasteiger partial charge in [-0.25, -0.2) is 53.3 Å². The summed E-state index contributed by atoms with van der Waals surface area (Å²) in [5.74, 6) is 0.0949. The summed E-state index contributed by atoms with van der Waals surface area (Å²) in [6.45, 7) is 20.3. The van der Waals surface area contributed by atoms with Crippen LogP contribution < -0.4 is 77.0 Å². The van der Waals surface area contributed by atoms with Crippen molar-refractivity contribution in [2.24, 2.45) is 5.73 Å². The Balaban J connectivity index is 0.000000270. The zero-order valence-corrected chi connectivity index (χ0v) is 75.1. The van der Waals surface area contributed by atoms with Gasteiger partial charge in [0.2, 0.25) is 0 Å². The van der Waals surface area contributed by atoms with Crippen molar-refractivity contribution >= 4 is 80.5 Å². The van der Waals surface area contributed by atoms with E-state index < -0.39 is 65.5 Å². The van der Waals surface area contributed by atoms with Gasteiger partial charge >= 0.3 is 77.9 Å². The van der Waals surface area contributed by atoms with Crippen LogP contribution in [0.1, 0.15) is 148 Å². The number of aromatic nitrogens is 9. The number of aryl methyl sites for hydroxylation is 9. The van der Waals surface area contributed by atoms with E-state index in [1.165, 1.54) is 11.8 Å². The van der Waals surface area contributed by atoms with Gasteiger partial charge in [-0.05, 0) is 145 Å². The number of carbonyl (C=O) groups is 9. The van der Waals surface area contributed by atoms with E-state index in [2.05, 4.69) is 59.3 Å². The van der Waals surface area contributed by atoms with Crippen LogP contribution in [-0.4, -0.2) is 194 Å². The number of pyridine rings is 3. The van der Waals surface area contributed by atoms with E-state index in [0.717, 1.165) is 120 Å². The molecule has 12 rings (SSSR count). The molecule has 3 aliphatic rings. The summed E-state index contributed by atoms with van der Waals surface area (Å²) >= 11 is 0. The van der Waals surface area contributed by atoms with Gasteiger partial charge in [0.25, 0.3) is 0 Å². The molecule has 0 saturated heterocycles. The molecule has 37 heteroatoms. The molecular formula is C89H115BN18NaO17. The fourth-order valence-corrected chi connectivity index (χ4v) is 12.8. The van der Waals surface area contributed by atoms with Crippen LogP contribution in [0.3, 0.4) is 0 Å². The topological polar surface area (TPSA) is 435 Å². The van der Waals surface area contributed by atoms with Crippen LogP contribution in [0.5, 0.6) is 0 Å². The molecule has 0 aliphatic carbocycles. The van der Waals surface area contributed by atoms with Crippen molar-refractivity contribution < 1.29 is 112 Å². The number of ether oxygens (including phenoxy) is 7. The quantitative estimate of drug-likeness (QED) is 0.00882. The predicted octanol–water partition coefficient (Wildman–Crippen LogP) is 7.06. The smallest absolute Gasteiger partial charge is 1.00 e. The van der Waals surface area contributed by atoms with E-state index in [9.17, 15) is 48.3 Å². The van der Waals surface area contributed by atoms with Crippen molar-refractivity contribution in [2.75, 3.05) is 67.6 Å². The minimum atomic E-state index is -1.14. The predicted molar refractivity (Wildman–Crippen MR) is 467 cm³/mol. The second-order valence-electron chi connectivity index (χ2n) is 31.1. The van der Waals surface area contributed by atoms with Gasteiger partial charge in [0.15, 0.2) is 6.29 Å². The number of nitrogens with one attached hydrogen (secondary N) is 6. The van der Waals surface area contributed by atoms with Crippen molar-refractivity contribution in [1.29, 1.82) is 0 Å². The standard InChI is InChI=1S/C32H42N6O6.C25H30N6O4.C19H24N4O3.C13H18N2O4.B.Na.H/c1-5-42-29(39)27(36-30(40)43-22-23-10-7-6-8-11-23)20-33-18-24-19-34-37(21-24)17-15-26-14-13-25-12-9-16-38(28(25)35-26)31(41)44-32(2,3)4;32-24(33)22(30-25(34)35-17-18-5-2-1-3-6-18)15-26-13-19-14-28-31(16-19)12-10-21-9-8-20-7-4-11-27-23(20)29-21;1-19(2,3)26-18(25)23-9-4-5-15-6-7-16(21-17(15)23)8-10-22-12-14(13-24)11-20-22;1-2-18-12(16)11(8-14)15-13(17)19-9-10-6-4-3-5-7-10;;;/h6-8,10-11,13-14,19,21,27,33H,5,9,12,15-18,20,22H2,1-4H3,(H,36,40);1-3,5-6,8-9,14,16,22,26H,4,7,10-13,15,17H2,(H,27,29)(H,30,34)(H,32,33);6-7,11-13H,4-5,8-10H2,1-3H3;3-7,11H,2,8-9,14H2,1H3,(H,15,17);;;/q;;;;;+1;-1/t27-;22-;;11-;;;/m00.0.../s1. The van der Waals surface area contributed by atoms with Gasteiger partial charge in [-0.3, -0.25) is 28.6 Å². The first-order chi connectivity index (χ1) is 59.7. The Hall–Kier alpha value is -12.1. The van der Waals surface area contributed by atoms with Crippen molar-refractivity contribution in [3.63, 3.8) is 0 Å². The molecule has 9 aromatic rings. The fourth-order valence-electron chi connectivity index (χ4n) is 12.8. The number of fused-ring (bicyclic) bond motifs is 3. The molecule has 5 amide bonds. The summed E-state index contributed by atoms with van der Waals surface area (Å²) in [5.41, 5.74) is 15.3. The largest absolute Gasteiger partial charge is 1.00 e. The van der Waals surface area contributed by atoms with E-state index in [4.69, 9.17) is 53.8 Å². The van der Waals surface area contributed by atoms with E-state index in [1.807, 2.05) is 179 Å². The Morgan fingerprint density at radius 1 is 0.500 bits per heavy atom. The van der Waals surface area contributed by atoms with Crippen LogP contribution in [-0.2, 0) is 139 Å². The molecule has 0 bridgehead atoms. The van der Waals surface area contributed by atoms with E-state index in [-0.39, 0.29) is 104 Å². The molecule has 0 spiro atoms. The second kappa shape index (κ2) is 52.0. The number of alkyl carbamates (subject to hydrolysis) is 3. The monoisotopic (exact) mass is 1740 g/mol. The van der Waals surface area contributed by atoms with Crippen LogP contribution in [0.25, 0.3) is 0 Å². The molecule has 3 aromatic carbocycles. The number of aldehydes is 1. The van der Waals surface area contributed by atoms with Crippen molar-refractivity contribution in [1.82, 2.24) is 70.9 Å². The minimum absolute atomic E-state index is 0. The number of carboxylic acids is 1. The molecule has 3 aliphatic heterocycles. The van der Waals surface area contributed by atoms with E-state index >= 15 is 0 Å². The van der Waals surface area contributed by atoms with Gasteiger partial charge < -0.3 is 77.3 Å². The van der Waals surface area contributed by atoms with Crippen LogP contribution in [0, 0.1) is 0 Å². The second-order valence-corrected chi connectivity index (χ2v) is 31.1. The number of carboxylic acid groups (broad SMARTS) is 1. The van der Waals surface area contributed by atoms with Gasteiger partial charge in [0.1, 0.15) is 66.6 Å². The van der Waals surface area contributed by atoms with Gasteiger partial charge in [-0.2, -0.15) is 15.3 Å². The Morgan fingerprint density at radius 3 is 1.30 bits per heavy atom. The number of carbonyl (C=O) groups excluding carboxylic acids is 8. The molecule has 0 unspecified atom stereocenters. The average molecular weight is 1740 g/mol. The van der Waals surface area contributed by atoms with Crippen LogP contribution in [0.4, 0.5) is 41.4 Å². The number of anilines is 3. The van der Waals surface area contributed by atoms with Crippen molar-refractivity contribution in [3.05, 3.63) is 232 Å². The van der Waals surface area contributed by atoms with Crippen molar-refractivity contribution in [2.45, 2.75) is 195 Å². The Bertz CT molecular complexity index is 4940. The fraction of sp³-hybridized carbons (Fsp3) is 0.427.